The lowest BCUT2D eigenvalue weighted by Gasteiger charge is -2.03. The summed E-state index contributed by atoms with van der Waals surface area (Å²) in [4.78, 5) is 9.12. The SMILES string of the molecule is c1ccc(-c2coc3nc4cc(COc5cn6c(nc7ccccc76)o5)ccc4n23)cc1. The Morgan fingerprint density at radius 3 is 2.59 bits per heavy atom. The first kappa shape index (κ1) is 17.2. The molecule has 7 aromatic rings. The van der Waals surface area contributed by atoms with Crippen LogP contribution < -0.4 is 4.74 Å². The Kier molecular flexibility index (Phi) is 3.48. The third kappa shape index (κ3) is 2.54. The van der Waals surface area contributed by atoms with E-state index >= 15 is 0 Å². The minimum Gasteiger partial charge on any atom is -0.459 e. The van der Waals surface area contributed by atoms with Crippen LogP contribution in [0.2, 0.25) is 0 Å². The number of oxazole rings is 2. The minimum atomic E-state index is 0.356. The van der Waals surface area contributed by atoms with Crippen LogP contribution in [0.4, 0.5) is 0 Å². The monoisotopic (exact) mass is 420 g/mol. The maximum Gasteiger partial charge on any atom is 0.309 e. The van der Waals surface area contributed by atoms with E-state index in [0.29, 0.717) is 24.2 Å². The first-order valence-corrected chi connectivity index (χ1v) is 10.3. The fourth-order valence-electron chi connectivity index (χ4n) is 4.13. The Morgan fingerprint density at radius 2 is 1.66 bits per heavy atom. The fraction of sp³-hybridized carbons (Fsp3) is 0.0400. The van der Waals surface area contributed by atoms with Crippen molar-refractivity contribution >= 4 is 33.8 Å². The van der Waals surface area contributed by atoms with Crippen LogP contribution in [0.1, 0.15) is 5.56 Å². The van der Waals surface area contributed by atoms with E-state index in [1.165, 1.54) is 0 Å². The molecule has 3 aromatic carbocycles. The smallest absolute Gasteiger partial charge is 0.309 e. The number of hydrogen-bond acceptors (Lipinski definition) is 5. The minimum absolute atomic E-state index is 0.356. The summed E-state index contributed by atoms with van der Waals surface area (Å²) in [6, 6.07) is 24.1. The lowest BCUT2D eigenvalue weighted by atomic mass is 10.1. The van der Waals surface area contributed by atoms with Crippen molar-refractivity contribution in [3.63, 3.8) is 0 Å². The van der Waals surface area contributed by atoms with E-state index in [1.54, 1.807) is 6.26 Å². The molecule has 0 N–H and O–H groups in total. The fourth-order valence-corrected chi connectivity index (χ4v) is 4.13. The van der Waals surface area contributed by atoms with Crippen LogP contribution in [0.5, 0.6) is 5.95 Å². The zero-order valence-electron chi connectivity index (χ0n) is 16.8. The Hall–Kier alpha value is -4.52. The molecule has 4 heterocycles. The second kappa shape index (κ2) is 6.49. The zero-order chi connectivity index (χ0) is 21.1. The molecule has 32 heavy (non-hydrogen) atoms. The summed E-state index contributed by atoms with van der Waals surface area (Å²) in [5, 5.41) is 0. The van der Waals surface area contributed by atoms with Crippen molar-refractivity contribution in [3.8, 4) is 17.2 Å². The van der Waals surface area contributed by atoms with Gasteiger partial charge < -0.3 is 13.6 Å². The summed E-state index contributed by atoms with van der Waals surface area (Å²) in [6.07, 6.45) is 3.56. The average molecular weight is 420 g/mol. The molecule has 0 saturated heterocycles. The summed E-state index contributed by atoms with van der Waals surface area (Å²) >= 11 is 0. The average Bonchev–Trinajstić information content (AvgIpc) is 3.57. The summed E-state index contributed by atoms with van der Waals surface area (Å²) in [7, 11) is 0. The summed E-state index contributed by atoms with van der Waals surface area (Å²) in [6.45, 7) is 0.356. The second-order valence-corrected chi connectivity index (χ2v) is 7.63. The molecule has 7 rings (SSSR count). The van der Waals surface area contributed by atoms with Crippen LogP contribution >= 0.6 is 0 Å². The van der Waals surface area contributed by atoms with Gasteiger partial charge in [-0.15, -0.1) is 0 Å². The highest BCUT2D eigenvalue weighted by Crippen LogP contribution is 2.28. The van der Waals surface area contributed by atoms with Gasteiger partial charge in [0.15, 0.2) is 0 Å². The van der Waals surface area contributed by atoms with E-state index in [2.05, 4.69) is 22.1 Å². The van der Waals surface area contributed by atoms with Gasteiger partial charge in [0.25, 0.3) is 0 Å². The molecule has 0 amide bonds. The van der Waals surface area contributed by atoms with Gasteiger partial charge in [-0.1, -0.05) is 48.5 Å². The molecule has 0 aliphatic rings. The van der Waals surface area contributed by atoms with Gasteiger partial charge in [0.2, 0.25) is 0 Å². The van der Waals surface area contributed by atoms with Gasteiger partial charge in [0.1, 0.15) is 12.9 Å². The van der Waals surface area contributed by atoms with Gasteiger partial charge in [-0.05, 0) is 29.8 Å². The molecule has 154 valence electrons. The Balaban J connectivity index is 1.20. The normalized spacial score (nSPS) is 11.9. The molecule has 0 spiro atoms. The first-order valence-electron chi connectivity index (χ1n) is 10.3. The van der Waals surface area contributed by atoms with Crippen molar-refractivity contribution in [1.29, 1.82) is 0 Å². The van der Waals surface area contributed by atoms with Gasteiger partial charge in [0.05, 0.1) is 34.0 Å². The standard InChI is InChI=1S/C25H16N4O3/c1-2-6-17(7-3-1)22-15-31-25-27-19-12-16(10-11-21(19)29(22)25)14-30-23-13-28-20-9-5-4-8-18(20)26-24(28)32-23/h1-13,15H,14H2. The number of hydrogen-bond donors (Lipinski definition) is 0. The van der Waals surface area contributed by atoms with Gasteiger partial charge in [-0.25, -0.2) is 0 Å². The maximum absolute atomic E-state index is 5.90. The largest absolute Gasteiger partial charge is 0.459 e. The van der Waals surface area contributed by atoms with Crippen LogP contribution in [0, 0.1) is 0 Å². The van der Waals surface area contributed by atoms with Gasteiger partial charge in [-0.3, -0.25) is 8.80 Å². The number of aromatic nitrogens is 4. The highest BCUT2D eigenvalue weighted by Gasteiger charge is 2.15. The van der Waals surface area contributed by atoms with E-state index < -0.39 is 0 Å². The van der Waals surface area contributed by atoms with Gasteiger partial charge in [-0.2, -0.15) is 9.97 Å². The van der Waals surface area contributed by atoms with E-state index in [1.807, 2.05) is 75.7 Å². The van der Waals surface area contributed by atoms with Crippen molar-refractivity contribution in [2.24, 2.45) is 0 Å². The Bertz CT molecular complexity index is 1740. The molecular weight excluding hydrogens is 404 g/mol. The number of para-hydroxylation sites is 2. The van der Waals surface area contributed by atoms with E-state index in [-0.39, 0.29) is 0 Å². The van der Waals surface area contributed by atoms with Crippen LogP contribution in [0.15, 0.2) is 94.1 Å². The molecule has 0 bridgehead atoms. The Labute approximate surface area is 181 Å². The molecule has 0 saturated carbocycles. The molecule has 0 fully saturated rings. The topological polar surface area (TPSA) is 70.1 Å². The molecule has 7 nitrogen and oxygen atoms in total. The lowest BCUT2D eigenvalue weighted by Crippen LogP contribution is -1.94. The van der Waals surface area contributed by atoms with Crippen molar-refractivity contribution in [3.05, 3.63) is 90.8 Å². The highest BCUT2D eigenvalue weighted by molar-refractivity contribution is 5.83. The summed E-state index contributed by atoms with van der Waals surface area (Å²) < 4.78 is 21.3. The predicted octanol–water partition coefficient (Wildman–Crippen LogP) is 5.72. The Morgan fingerprint density at radius 1 is 0.812 bits per heavy atom. The van der Waals surface area contributed by atoms with Crippen molar-refractivity contribution in [2.45, 2.75) is 6.61 Å². The molecule has 0 unspecified atom stereocenters. The molecule has 0 atom stereocenters. The summed E-state index contributed by atoms with van der Waals surface area (Å²) in [5.74, 6) is 1.50. The number of rotatable bonds is 4. The molecule has 0 aliphatic carbocycles. The molecular formula is C25H16N4O3. The molecule has 0 radical (unpaired) electrons. The molecule has 0 aliphatic heterocycles. The van der Waals surface area contributed by atoms with Crippen molar-refractivity contribution in [2.75, 3.05) is 0 Å². The van der Waals surface area contributed by atoms with E-state index in [9.17, 15) is 0 Å². The quantitative estimate of drug-likeness (QED) is 0.364. The summed E-state index contributed by atoms with van der Waals surface area (Å²) in [5.41, 5.74) is 6.74. The van der Waals surface area contributed by atoms with Gasteiger partial charge >= 0.3 is 17.6 Å². The predicted molar refractivity (Wildman–Crippen MR) is 120 cm³/mol. The number of nitrogens with zero attached hydrogens (tertiary/aromatic N) is 4. The van der Waals surface area contributed by atoms with Crippen molar-refractivity contribution < 1.29 is 13.6 Å². The highest BCUT2D eigenvalue weighted by atomic mass is 16.6. The molecule has 4 aromatic heterocycles. The number of ether oxygens (including phenoxy) is 1. The number of imidazole rings is 2. The van der Waals surface area contributed by atoms with E-state index in [4.69, 9.17) is 13.6 Å². The number of benzene rings is 3. The lowest BCUT2D eigenvalue weighted by molar-refractivity contribution is 0.238. The third-order valence-corrected chi connectivity index (χ3v) is 5.65. The van der Waals surface area contributed by atoms with Crippen molar-refractivity contribution in [1.82, 2.24) is 18.8 Å². The second-order valence-electron chi connectivity index (χ2n) is 7.63. The van der Waals surface area contributed by atoms with Crippen LogP contribution in [0.25, 0.3) is 45.0 Å². The van der Waals surface area contributed by atoms with E-state index in [0.717, 1.165) is 38.9 Å². The van der Waals surface area contributed by atoms with Gasteiger partial charge in [0, 0.05) is 5.56 Å². The molecule has 7 heteroatoms. The maximum atomic E-state index is 5.90. The number of fused-ring (bicyclic) bond motifs is 6. The van der Waals surface area contributed by atoms with Crippen LogP contribution in [-0.4, -0.2) is 18.8 Å². The zero-order valence-corrected chi connectivity index (χ0v) is 16.8. The third-order valence-electron chi connectivity index (χ3n) is 5.65. The van der Waals surface area contributed by atoms with Crippen LogP contribution in [0.3, 0.4) is 0 Å². The van der Waals surface area contributed by atoms with Crippen LogP contribution in [-0.2, 0) is 6.61 Å². The first-order chi connectivity index (χ1) is 15.8.